The van der Waals surface area contributed by atoms with E-state index in [-0.39, 0.29) is 74.2 Å². The van der Waals surface area contributed by atoms with Gasteiger partial charge in [-0.3, -0.25) is 14.4 Å². The second-order valence-electron chi connectivity index (χ2n) is 20.4. The second kappa shape index (κ2) is 23.9. The highest BCUT2D eigenvalue weighted by Gasteiger charge is 2.56. The van der Waals surface area contributed by atoms with Crippen molar-refractivity contribution in [3.8, 4) is 11.6 Å². The zero-order chi connectivity index (χ0) is 52.7. The van der Waals surface area contributed by atoms with E-state index >= 15 is 4.39 Å². The number of carbonyl (C=O) groups is 4. The maximum absolute atomic E-state index is 17.0. The largest absolute Gasteiger partial charge is 0.457 e. The molecule has 21 heteroatoms. The molecule has 13 atom stereocenters. The molecule has 71 heavy (non-hydrogen) atoms. The fourth-order valence-electron chi connectivity index (χ4n) is 9.63. The summed E-state index contributed by atoms with van der Waals surface area (Å²) in [6.07, 6.45) is -4.94. The number of rotatable bonds is 14. The molecule has 0 spiro atoms. The Hall–Kier alpha value is -4.74. The van der Waals surface area contributed by atoms with E-state index in [9.17, 15) is 29.4 Å². The van der Waals surface area contributed by atoms with Gasteiger partial charge in [0.2, 0.25) is 17.7 Å². The average Bonchev–Trinajstić information content (AvgIpc) is 3.78. The number of fused-ring (bicyclic) bond motifs is 4. The highest BCUT2D eigenvalue weighted by atomic mass is 19.1. The number of pyridine rings is 1. The van der Waals surface area contributed by atoms with Crippen molar-refractivity contribution in [3.63, 3.8) is 0 Å². The lowest BCUT2D eigenvalue weighted by atomic mass is 9.76. The summed E-state index contributed by atoms with van der Waals surface area (Å²) in [5, 5.41) is 34.4. The number of amides is 2. The number of aromatic nitrogens is 2. The van der Waals surface area contributed by atoms with Crippen molar-refractivity contribution in [3.05, 3.63) is 41.4 Å². The van der Waals surface area contributed by atoms with Crippen molar-refractivity contribution in [2.75, 3.05) is 32.6 Å². The molecule has 0 unspecified atom stereocenters. The van der Waals surface area contributed by atoms with Gasteiger partial charge in [-0.1, -0.05) is 52.8 Å². The number of ether oxygens (including phenoxy) is 5. The molecule has 3 aliphatic rings. The number of carbonyl (C=O) groups excluding carboxylic acids is 4. The molecule has 1 saturated heterocycles. The molecular formula is C50H76FN7O13. The SMILES string of the molecule is CCC(=O)NC1=C(C)[C@H]2OCC(=NOCc3coc(-c4cccc(NC(=O)[C@@H](N)CC(C)C)n4)n3)CO[C@](C)(C[C@H]1C)[C@H](O[C@@H]1O[C@H](C)C[C@H](N(C)C)[C@H]1O)[C@@H](C)C(=O)[C@](C)(F)C(=O)O[C@H](CC)[C@@]2(C)O. The number of anilines is 1. The van der Waals surface area contributed by atoms with Crippen LogP contribution in [0.3, 0.4) is 0 Å². The highest BCUT2D eigenvalue weighted by molar-refractivity contribution is 6.08. The molecule has 2 amide bonds. The Bertz CT molecular complexity index is 2250. The molecule has 6 N–H and O–H groups in total. The van der Waals surface area contributed by atoms with Crippen LogP contribution in [0.1, 0.15) is 114 Å². The van der Waals surface area contributed by atoms with E-state index in [2.05, 4.69) is 25.8 Å². The first kappa shape index (κ1) is 57.2. The van der Waals surface area contributed by atoms with Crippen LogP contribution in [0.25, 0.3) is 11.6 Å². The molecule has 0 aliphatic carbocycles. The molecule has 0 saturated carbocycles. The van der Waals surface area contributed by atoms with Crippen molar-refractivity contribution in [2.24, 2.45) is 28.6 Å². The summed E-state index contributed by atoms with van der Waals surface area (Å²) in [6, 6.07) is 3.80. The van der Waals surface area contributed by atoms with Gasteiger partial charge in [0, 0.05) is 24.1 Å². The number of halogens is 1. The number of nitrogens with one attached hydrogen (secondary N) is 2. The van der Waals surface area contributed by atoms with Gasteiger partial charge in [0.1, 0.15) is 53.1 Å². The van der Waals surface area contributed by atoms with E-state index < -0.39 is 89.4 Å². The van der Waals surface area contributed by atoms with Gasteiger partial charge < -0.3 is 64.4 Å². The average molecular weight is 1000 g/mol. The molecule has 2 aromatic heterocycles. The number of aliphatic hydroxyl groups is 2. The number of esters is 1. The van der Waals surface area contributed by atoms with E-state index in [1.165, 1.54) is 20.1 Å². The van der Waals surface area contributed by atoms with Gasteiger partial charge in [0.15, 0.2) is 18.7 Å². The fraction of sp³-hybridized carbons (Fsp3) is 0.700. The lowest BCUT2D eigenvalue weighted by Gasteiger charge is -2.47. The summed E-state index contributed by atoms with van der Waals surface area (Å²) in [7, 11) is 3.61. The number of Topliss-reactive ketones (excluding diaryl/α,β-unsaturated/α-hetero) is 1. The number of hydrogen-bond acceptors (Lipinski definition) is 18. The minimum Gasteiger partial charge on any atom is -0.457 e. The number of nitrogens with zero attached hydrogens (tertiary/aromatic N) is 4. The monoisotopic (exact) mass is 1000 g/mol. The molecule has 2 aromatic rings. The van der Waals surface area contributed by atoms with Crippen LogP contribution in [0.4, 0.5) is 10.2 Å². The van der Waals surface area contributed by atoms with Crippen LogP contribution in [0.5, 0.6) is 0 Å². The van der Waals surface area contributed by atoms with Crippen molar-refractivity contribution in [1.29, 1.82) is 0 Å². The molecule has 5 rings (SSSR count). The lowest BCUT2D eigenvalue weighted by molar-refractivity contribution is -0.296. The minimum atomic E-state index is -3.26. The fourth-order valence-corrected chi connectivity index (χ4v) is 9.63. The van der Waals surface area contributed by atoms with Crippen LogP contribution in [0.15, 0.2) is 45.3 Å². The number of oxime groups is 1. The number of cyclic esters (lactones) is 1. The number of oxazole rings is 1. The number of ketones is 1. The zero-order valence-corrected chi connectivity index (χ0v) is 43.4. The van der Waals surface area contributed by atoms with Crippen molar-refractivity contribution < 1.29 is 66.7 Å². The van der Waals surface area contributed by atoms with Crippen molar-refractivity contribution >= 4 is 35.1 Å². The minimum absolute atomic E-state index is 0.0273. The van der Waals surface area contributed by atoms with Gasteiger partial charge in [-0.05, 0) is 104 Å². The summed E-state index contributed by atoms with van der Waals surface area (Å²) in [6.45, 7) is 16.8. The first-order chi connectivity index (χ1) is 33.2. The Morgan fingerprint density at radius 3 is 2.44 bits per heavy atom. The van der Waals surface area contributed by atoms with E-state index in [0.29, 0.717) is 35.5 Å². The standard InChI is InChI=1S/C50H76FN7O13/c1-14-36-50(11,64)43-29(7)39(56-38(59)15-2)27(5)21-48(9,42(30(8)41(61)49(10,51)47(63)70-36)71-46-40(60)35(58(12)13)20-28(6)69-46)67-24-32(23-65-43)57-68-25-31-22-66-45(53-31)34-17-16-18-37(54-34)55-44(62)33(52)19-26(3)4/h16-18,22,26-28,30,33,35-36,40,42-43,46,60,64H,14-15,19-21,23-25,52H2,1-13H3,(H,56,59)(H,54,55,62)/t27-,28-,30+,33+,35+,36-,40-,42-,43-,46+,48-,49+,50-/m1/s1. The van der Waals surface area contributed by atoms with Crippen molar-refractivity contribution in [2.45, 2.75) is 181 Å². The first-order valence-corrected chi connectivity index (χ1v) is 24.5. The lowest BCUT2D eigenvalue weighted by Crippen LogP contribution is -2.61. The van der Waals surface area contributed by atoms with Crippen LogP contribution >= 0.6 is 0 Å². The number of alkyl halides is 1. The van der Waals surface area contributed by atoms with Gasteiger partial charge in [-0.25, -0.2) is 19.2 Å². The van der Waals surface area contributed by atoms with Crippen LogP contribution < -0.4 is 16.4 Å². The Morgan fingerprint density at radius 2 is 1.79 bits per heavy atom. The topological polar surface area (TPSA) is 269 Å². The molecule has 0 aromatic carbocycles. The maximum Gasteiger partial charge on any atom is 0.351 e. The normalized spacial score (nSPS) is 33.5. The third-order valence-corrected chi connectivity index (χ3v) is 13.5. The number of allylic oxidation sites excluding steroid dienone is 1. The maximum atomic E-state index is 17.0. The summed E-state index contributed by atoms with van der Waals surface area (Å²) in [4.78, 5) is 71.2. The smallest absolute Gasteiger partial charge is 0.351 e. The van der Waals surface area contributed by atoms with E-state index in [1.807, 2.05) is 32.6 Å². The summed E-state index contributed by atoms with van der Waals surface area (Å²) < 4.78 is 54.8. The Morgan fingerprint density at radius 1 is 1.08 bits per heavy atom. The van der Waals surface area contributed by atoms with Crippen LogP contribution in [0, 0.1) is 17.8 Å². The molecule has 20 nitrogen and oxygen atoms in total. The number of hydrogen-bond donors (Lipinski definition) is 5. The van der Waals surface area contributed by atoms with Gasteiger partial charge in [-0.2, -0.15) is 0 Å². The quantitative estimate of drug-likeness (QED) is 0.0971. The Balaban J connectivity index is 1.59. The number of nitrogens with two attached hydrogens (primary N) is 1. The number of likely N-dealkylation sites (N-methyl/N-ethyl adjacent to an activating group) is 1. The third kappa shape index (κ3) is 13.7. The van der Waals surface area contributed by atoms with E-state index in [4.69, 9.17) is 38.7 Å². The third-order valence-electron chi connectivity index (χ3n) is 13.5. The first-order valence-electron chi connectivity index (χ1n) is 24.5. The molecule has 5 heterocycles. The highest BCUT2D eigenvalue weighted by Crippen LogP contribution is 2.41. The summed E-state index contributed by atoms with van der Waals surface area (Å²) in [5.41, 5.74) is 0.523. The van der Waals surface area contributed by atoms with Crippen LogP contribution in [0.2, 0.25) is 0 Å². The molecule has 2 bridgehead atoms. The molecule has 0 radical (unpaired) electrons. The van der Waals surface area contributed by atoms with Gasteiger partial charge in [0.05, 0.1) is 37.1 Å². The van der Waals surface area contributed by atoms with Gasteiger partial charge in [-0.15, -0.1) is 0 Å². The van der Waals surface area contributed by atoms with Gasteiger partial charge in [0.25, 0.3) is 5.67 Å². The Labute approximate surface area is 415 Å². The molecule has 3 aliphatic heterocycles. The van der Waals surface area contributed by atoms with Crippen LogP contribution in [-0.4, -0.2) is 147 Å². The molecule has 1 fully saturated rings. The van der Waals surface area contributed by atoms with Crippen LogP contribution in [-0.2, 0) is 54.3 Å². The van der Waals surface area contributed by atoms with E-state index in [0.717, 1.165) is 6.92 Å². The predicted molar refractivity (Wildman–Crippen MR) is 259 cm³/mol. The summed E-state index contributed by atoms with van der Waals surface area (Å²) >= 11 is 0. The number of aliphatic hydroxyl groups excluding tert-OH is 1. The van der Waals surface area contributed by atoms with Crippen molar-refractivity contribution in [1.82, 2.24) is 20.2 Å². The molecular weight excluding hydrogens is 926 g/mol. The van der Waals surface area contributed by atoms with Gasteiger partial charge >= 0.3 is 5.97 Å². The molecule has 396 valence electrons. The zero-order valence-electron chi connectivity index (χ0n) is 43.4. The Kier molecular flexibility index (Phi) is 19.2. The predicted octanol–water partition coefficient (Wildman–Crippen LogP) is 4.75. The second-order valence-corrected chi connectivity index (χ2v) is 20.4. The van der Waals surface area contributed by atoms with E-state index in [1.54, 1.807) is 60.0 Å². The summed E-state index contributed by atoms with van der Waals surface area (Å²) in [5.74, 6) is -5.00.